The van der Waals surface area contributed by atoms with Crippen molar-refractivity contribution in [2.24, 2.45) is 0 Å². The molecule has 2 aromatic rings. The summed E-state index contributed by atoms with van der Waals surface area (Å²) in [6, 6.07) is 10.6. The second-order valence-electron chi connectivity index (χ2n) is 3.16. The van der Waals surface area contributed by atoms with E-state index in [4.69, 9.17) is 11.6 Å². The lowest BCUT2D eigenvalue weighted by Crippen LogP contribution is -2.20. The highest BCUT2D eigenvalue weighted by Gasteiger charge is 2.04. The molecule has 0 saturated heterocycles. The molecular weight excluding hydrogens is 212 g/mol. The average Bonchev–Trinajstić information content (AvgIpc) is 2.25. The normalized spacial score (nSPS) is 10.3. The molecule has 0 unspecified atom stereocenters. The van der Waals surface area contributed by atoms with Gasteiger partial charge >= 0.3 is 0 Å². The molecule has 1 aromatic carbocycles. The molecule has 1 aromatic heterocycles. The second kappa shape index (κ2) is 3.87. The SMILES string of the molecule is Cc1nn(-c2ccccc2)c(=O)cc1Cl. The lowest BCUT2D eigenvalue weighted by molar-refractivity contribution is 0.785. The standard InChI is InChI=1S/C11H9ClN2O/c1-8-10(12)7-11(15)14(13-8)9-5-3-2-4-6-9/h2-7H,1H3. The van der Waals surface area contributed by atoms with Crippen LogP contribution < -0.4 is 5.56 Å². The van der Waals surface area contributed by atoms with Crippen molar-refractivity contribution in [1.82, 2.24) is 9.78 Å². The molecule has 0 aliphatic rings. The zero-order chi connectivity index (χ0) is 10.8. The highest BCUT2D eigenvalue weighted by atomic mass is 35.5. The summed E-state index contributed by atoms with van der Waals surface area (Å²) < 4.78 is 1.33. The van der Waals surface area contributed by atoms with Crippen molar-refractivity contribution < 1.29 is 0 Å². The molecule has 0 bridgehead atoms. The average molecular weight is 221 g/mol. The van der Waals surface area contributed by atoms with Crippen LogP contribution in [0.2, 0.25) is 5.02 Å². The van der Waals surface area contributed by atoms with Gasteiger partial charge in [-0.1, -0.05) is 29.8 Å². The maximum absolute atomic E-state index is 11.6. The quantitative estimate of drug-likeness (QED) is 0.739. The summed E-state index contributed by atoms with van der Waals surface area (Å²) in [6.07, 6.45) is 0. The van der Waals surface area contributed by atoms with E-state index in [2.05, 4.69) is 5.10 Å². The summed E-state index contributed by atoms with van der Waals surface area (Å²) in [6.45, 7) is 1.77. The number of para-hydroxylation sites is 1. The van der Waals surface area contributed by atoms with E-state index in [0.717, 1.165) is 5.69 Å². The smallest absolute Gasteiger partial charge is 0.267 e. The van der Waals surface area contributed by atoms with Crippen molar-refractivity contribution in [1.29, 1.82) is 0 Å². The van der Waals surface area contributed by atoms with Crippen molar-refractivity contribution in [3.05, 3.63) is 57.5 Å². The van der Waals surface area contributed by atoms with Crippen LogP contribution in [0.3, 0.4) is 0 Å². The van der Waals surface area contributed by atoms with Crippen LogP contribution in [0.5, 0.6) is 0 Å². The number of rotatable bonds is 1. The van der Waals surface area contributed by atoms with E-state index >= 15 is 0 Å². The van der Waals surface area contributed by atoms with Crippen molar-refractivity contribution in [2.45, 2.75) is 6.92 Å². The number of halogens is 1. The molecule has 15 heavy (non-hydrogen) atoms. The molecule has 0 atom stereocenters. The van der Waals surface area contributed by atoms with Gasteiger partial charge < -0.3 is 0 Å². The third-order valence-electron chi connectivity index (χ3n) is 2.06. The Morgan fingerprint density at radius 1 is 1.27 bits per heavy atom. The Hall–Kier alpha value is -1.61. The fourth-order valence-electron chi connectivity index (χ4n) is 1.28. The Morgan fingerprint density at radius 2 is 1.93 bits per heavy atom. The van der Waals surface area contributed by atoms with Gasteiger partial charge in [-0.3, -0.25) is 4.79 Å². The first kappa shape index (κ1) is 9.93. The van der Waals surface area contributed by atoms with Crippen LogP contribution in [-0.2, 0) is 0 Å². The van der Waals surface area contributed by atoms with Gasteiger partial charge in [-0.2, -0.15) is 9.78 Å². The van der Waals surface area contributed by atoms with E-state index in [9.17, 15) is 4.79 Å². The maximum atomic E-state index is 11.6. The first-order chi connectivity index (χ1) is 7.18. The number of aryl methyl sites for hydroxylation is 1. The molecule has 76 valence electrons. The van der Waals surface area contributed by atoms with E-state index in [0.29, 0.717) is 10.7 Å². The monoisotopic (exact) mass is 220 g/mol. The van der Waals surface area contributed by atoms with E-state index in [1.807, 2.05) is 30.3 Å². The molecule has 3 nitrogen and oxygen atoms in total. The molecule has 1 heterocycles. The zero-order valence-corrected chi connectivity index (χ0v) is 8.90. The largest absolute Gasteiger partial charge is 0.272 e. The third-order valence-corrected chi connectivity index (χ3v) is 2.44. The van der Waals surface area contributed by atoms with Gasteiger partial charge in [-0.25, -0.2) is 0 Å². The summed E-state index contributed by atoms with van der Waals surface area (Å²) in [5.74, 6) is 0. The second-order valence-corrected chi connectivity index (χ2v) is 3.57. The number of nitrogens with zero attached hydrogens (tertiary/aromatic N) is 2. The predicted molar refractivity (Wildman–Crippen MR) is 59.6 cm³/mol. The van der Waals surface area contributed by atoms with E-state index in [1.54, 1.807) is 6.92 Å². The molecule has 4 heteroatoms. The van der Waals surface area contributed by atoms with Gasteiger partial charge in [0, 0.05) is 6.07 Å². The summed E-state index contributed by atoms with van der Waals surface area (Å²) >= 11 is 5.80. The Kier molecular flexibility index (Phi) is 2.56. The molecule has 0 aliphatic heterocycles. The highest BCUT2D eigenvalue weighted by Crippen LogP contribution is 2.10. The number of aromatic nitrogens is 2. The molecule has 0 amide bonds. The predicted octanol–water partition coefficient (Wildman–Crippen LogP) is 2.19. The van der Waals surface area contributed by atoms with Gasteiger partial charge in [-0.15, -0.1) is 0 Å². The van der Waals surface area contributed by atoms with E-state index in [-0.39, 0.29) is 5.56 Å². The first-order valence-corrected chi connectivity index (χ1v) is 4.88. The van der Waals surface area contributed by atoms with Gasteiger partial charge in [0.05, 0.1) is 16.4 Å². The fraction of sp³-hybridized carbons (Fsp3) is 0.0909. The number of hydrogen-bond acceptors (Lipinski definition) is 2. The molecule has 0 N–H and O–H groups in total. The van der Waals surface area contributed by atoms with Crippen LogP contribution >= 0.6 is 11.6 Å². The van der Waals surface area contributed by atoms with Gasteiger partial charge in [0.1, 0.15) is 0 Å². The van der Waals surface area contributed by atoms with Crippen LogP contribution in [0.15, 0.2) is 41.2 Å². The summed E-state index contributed by atoms with van der Waals surface area (Å²) in [7, 11) is 0. The summed E-state index contributed by atoms with van der Waals surface area (Å²) in [4.78, 5) is 11.6. The third kappa shape index (κ3) is 1.92. The first-order valence-electron chi connectivity index (χ1n) is 4.50. The number of benzene rings is 1. The summed E-state index contributed by atoms with van der Waals surface area (Å²) in [5, 5.41) is 4.51. The molecule has 0 radical (unpaired) electrons. The molecular formula is C11H9ClN2O. The molecule has 0 spiro atoms. The van der Waals surface area contributed by atoms with Crippen molar-refractivity contribution >= 4 is 11.6 Å². The minimum absolute atomic E-state index is 0.225. The highest BCUT2D eigenvalue weighted by molar-refractivity contribution is 6.31. The van der Waals surface area contributed by atoms with Crippen LogP contribution in [0.25, 0.3) is 5.69 Å². The van der Waals surface area contributed by atoms with Crippen molar-refractivity contribution in [3.8, 4) is 5.69 Å². The number of hydrogen-bond donors (Lipinski definition) is 0. The molecule has 0 fully saturated rings. The van der Waals surface area contributed by atoms with Gasteiger partial charge in [0.25, 0.3) is 5.56 Å². The zero-order valence-electron chi connectivity index (χ0n) is 8.14. The maximum Gasteiger partial charge on any atom is 0.272 e. The van der Waals surface area contributed by atoms with Crippen molar-refractivity contribution in [2.75, 3.05) is 0 Å². The van der Waals surface area contributed by atoms with Crippen molar-refractivity contribution in [3.63, 3.8) is 0 Å². The van der Waals surface area contributed by atoms with Gasteiger partial charge in [-0.05, 0) is 19.1 Å². The van der Waals surface area contributed by atoms with Gasteiger partial charge in [0.2, 0.25) is 0 Å². The van der Waals surface area contributed by atoms with E-state index in [1.165, 1.54) is 10.7 Å². The van der Waals surface area contributed by atoms with Crippen LogP contribution in [0, 0.1) is 6.92 Å². The Bertz CT molecular complexity index is 534. The Labute approximate surface area is 91.9 Å². The van der Waals surface area contributed by atoms with E-state index < -0.39 is 0 Å². The Balaban J connectivity index is 2.65. The van der Waals surface area contributed by atoms with Crippen LogP contribution in [-0.4, -0.2) is 9.78 Å². The Morgan fingerprint density at radius 3 is 2.60 bits per heavy atom. The molecule has 0 aliphatic carbocycles. The minimum atomic E-state index is -0.225. The lowest BCUT2D eigenvalue weighted by atomic mass is 10.3. The minimum Gasteiger partial charge on any atom is -0.267 e. The molecule has 0 saturated carbocycles. The topological polar surface area (TPSA) is 34.9 Å². The molecule has 2 rings (SSSR count). The van der Waals surface area contributed by atoms with Crippen LogP contribution in [0.1, 0.15) is 5.69 Å². The fourth-order valence-corrected chi connectivity index (χ4v) is 1.41. The van der Waals surface area contributed by atoms with Crippen LogP contribution in [0.4, 0.5) is 0 Å². The summed E-state index contributed by atoms with van der Waals surface area (Å²) in [5.41, 5.74) is 1.15. The lowest BCUT2D eigenvalue weighted by Gasteiger charge is -2.05. The van der Waals surface area contributed by atoms with Gasteiger partial charge in [0.15, 0.2) is 0 Å².